The Morgan fingerprint density at radius 1 is 1.04 bits per heavy atom. The molecule has 0 bridgehead atoms. The van der Waals surface area contributed by atoms with E-state index in [1.165, 1.54) is 19.4 Å². The van der Waals surface area contributed by atoms with Crippen LogP contribution in [0.4, 0.5) is 11.4 Å². The first-order valence-corrected chi connectivity index (χ1v) is 8.43. The molecule has 1 amide bonds. The Balaban J connectivity index is 1.74. The number of amides is 1. The van der Waals surface area contributed by atoms with Crippen molar-refractivity contribution in [2.75, 3.05) is 18.2 Å². The number of carbonyl (C=O) groups is 3. The van der Waals surface area contributed by atoms with Gasteiger partial charge in [-0.15, -0.1) is 0 Å². The highest BCUT2D eigenvalue weighted by Crippen LogP contribution is 2.41. The number of pyridine rings is 1. The zero-order valence-corrected chi connectivity index (χ0v) is 14.9. The van der Waals surface area contributed by atoms with Gasteiger partial charge in [-0.25, -0.2) is 9.78 Å². The first kappa shape index (κ1) is 17.4. The number of carbonyl (C=O) groups excluding carboxylic acids is 3. The van der Waals surface area contributed by atoms with Gasteiger partial charge in [0.1, 0.15) is 5.69 Å². The number of benzene rings is 2. The van der Waals surface area contributed by atoms with Gasteiger partial charge in [0.25, 0.3) is 5.91 Å². The number of ketones is 1. The maximum absolute atomic E-state index is 12.8. The number of hydrogen-bond acceptors (Lipinski definition) is 6. The lowest BCUT2D eigenvalue weighted by Gasteiger charge is -2.12. The predicted molar refractivity (Wildman–Crippen MR) is 103 cm³/mol. The smallest absolute Gasteiger partial charge is 0.356 e. The lowest BCUT2D eigenvalue weighted by atomic mass is 10.0. The van der Waals surface area contributed by atoms with Gasteiger partial charge >= 0.3 is 5.97 Å². The third-order valence-electron chi connectivity index (χ3n) is 4.57. The Labute approximate surface area is 160 Å². The molecule has 0 fully saturated rings. The topological polar surface area (TPSA) is 111 Å². The molecule has 1 aliphatic carbocycles. The molecule has 138 valence electrons. The van der Waals surface area contributed by atoms with Gasteiger partial charge in [-0.05, 0) is 17.7 Å². The third kappa shape index (κ3) is 2.69. The van der Waals surface area contributed by atoms with Crippen LogP contribution in [-0.4, -0.2) is 29.8 Å². The fraction of sp³-hybridized carbons (Fsp3) is 0.0476. The molecule has 0 saturated carbocycles. The molecule has 0 spiro atoms. The second kappa shape index (κ2) is 6.62. The summed E-state index contributed by atoms with van der Waals surface area (Å²) in [4.78, 5) is 41.0. The molecule has 0 radical (unpaired) electrons. The molecule has 0 atom stereocenters. The molecule has 0 aliphatic heterocycles. The summed E-state index contributed by atoms with van der Waals surface area (Å²) in [7, 11) is 1.22. The first-order valence-electron chi connectivity index (χ1n) is 8.43. The summed E-state index contributed by atoms with van der Waals surface area (Å²) >= 11 is 0. The summed E-state index contributed by atoms with van der Waals surface area (Å²) in [5, 5.41) is 2.79. The zero-order valence-electron chi connectivity index (χ0n) is 14.9. The van der Waals surface area contributed by atoms with E-state index in [0.29, 0.717) is 22.4 Å². The average molecular weight is 373 g/mol. The van der Waals surface area contributed by atoms with Crippen LogP contribution in [0.15, 0.2) is 54.7 Å². The van der Waals surface area contributed by atoms with E-state index in [1.807, 2.05) is 12.1 Å². The quantitative estimate of drug-likeness (QED) is 0.534. The van der Waals surface area contributed by atoms with Crippen LogP contribution in [0.2, 0.25) is 0 Å². The van der Waals surface area contributed by atoms with Crippen molar-refractivity contribution in [3.8, 4) is 11.1 Å². The van der Waals surface area contributed by atoms with E-state index < -0.39 is 11.9 Å². The molecule has 0 saturated heterocycles. The number of nitrogens with zero attached hydrogens (tertiary/aromatic N) is 1. The Kier molecular flexibility index (Phi) is 4.12. The number of hydrogen-bond donors (Lipinski definition) is 2. The lowest BCUT2D eigenvalue weighted by molar-refractivity contribution is 0.0594. The fourth-order valence-electron chi connectivity index (χ4n) is 3.25. The highest BCUT2D eigenvalue weighted by atomic mass is 16.5. The molecule has 28 heavy (non-hydrogen) atoms. The fourth-order valence-corrected chi connectivity index (χ4v) is 3.25. The summed E-state index contributed by atoms with van der Waals surface area (Å²) in [5.74, 6) is -1.28. The number of aromatic nitrogens is 1. The largest absolute Gasteiger partial charge is 0.464 e. The van der Waals surface area contributed by atoms with Crippen molar-refractivity contribution in [3.63, 3.8) is 0 Å². The van der Waals surface area contributed by atoms with Crippen molar-refractivity contribution < 1.29 is 19.1 Å². The van der Waals surface area contributed by atoms with E-state index in [4.69, 9.17) is 5.73 Å². The van der Waals surface area contributed by atoms with Gasteiger partial charge in [0.05, 0.1) is 24.6 Å². The Bertz CT molecular complexity index is 1150. The number of methoxy groups -OCH3 is 1. The molecule has 1 aliphatic rings. The monoisotopic (exact) mass is 373 g/mol. The highest BCUT2D eigenvalue weighted by Gasteiger charge is 2.29. The maximum Gasteiger partial charge on any atom is 0.356 e. The van der Waals surface area contributed by atoms with Gasteiger partial charge in [0.2, 0.25) is 0 Å². The minimum Gasteiger partial charge on any atom is -0.464 e. The van der Waals surface area contributed by atoms with Crippen LogP contribution in [0.1, 0.15) is 36.8 Å². The van der Waals surface area contributed by atoms with Crippen LogP contribution in [0.5, 0.6) is 0 Å². The second-order valence-electron chi connectivity index (χ2n) is 6.21. The summed E-state index contributed by atoms with van der Waals surface area (Å²) in [6, 6.07) is 13.6. The van der Waals surface area contributed by atoms with Gasteiger partial charge in [0, 0.05) is 22.4 Å². The summed E-state index contributed by atoms with van der Waals surface area (Å²) in [6.07, 6.45) is 1.23. The van der Waals surface area contributed by atoms with Crippen LogP contribution in [0.25, 0.3) is 11.1 Å². The zero-order chi connectivity index (χ0) is 19.8. The van der Waals surface area contributed by atoms with Crippen molar-refractivity contribution in [2.24, 2.45) is 0 Å². The van der Waals surface area contributed by atoms with Gasteiger partial charge in [0.15, 0.2) is 5.78 Å². The Morgan fingerprint density at radius 2 is 1.75 bits per heavy atom. The number of fused-ring (bicyclic) bond motifs is 3. The standard InChI is InChI=1S/C21H15N3O4/c1-28-21(27)17-9-14(15(22)10-23-17)20(26)24-16-8-4-7-13-18(16)11-5-2-3-6-12(11)19(13)25/h2-10H,22H2,1H3,(H,24,26). The van der Waals surface area contributed by atoms with E-state index in [9.17, 15) is 14.4 Å². The molecular formula is C21H15N3O4. The average Bonchev–Trinajstić information content (AvgIpc) is 3.01. The molecule has 0 unspecified atom stereocenters. The molecule has 4 rings (SSSR count). The summed E-state index contributed by atoms with van der Waals surface area (Å²) < 4.78 is 4.63. The minimum absolute atomic E-state index is 0.0272. The molecule has 1 aromatic heterocycles. The molecule has 1 heterocycles. The van der Waals surface area contributed by atoms with Gasteiger partial charge < -0.3 is 15.8 Å². The van der Waals surface area contributed by atoms with Crippen molar-refractivity contribution in [3.05, 3.63) is 77.1 Å². The Hall–Kier alpha value is -4.00. The van der Waals surface area contributed by atoms with Gasteiger partial charge in [-0.2, -0.15) is 0 Å². The number of nitrogen functional groups attached to an aromatic ring is 1. The molecule has 2 aromatic carbocycles. The van der Waals surface area contributed by atoms with Crippen molar-refractivity contribution >= 4 is 29.0 Å². The number of rotatable bonds is 3. The normalized spacial score (nSPS) is 11.5. The van der Waals surface area contributed by atoms with Crippen LogP contribution < -0.4 is 11.1 Å². The van der Waals surface area contributed by atoms with Crippen LogP contribution in [0.3, 0.4) is 0 Å². The van der Waals surface area contributed by atoms with Gasteiger partial charge in [-0.3, -0.25) is 9.59 Å². The SMILES string of the molecule is COC(=O)c1cc(C(=O)Nc2cccc3c2-c2ccccc2C3=O)c(N)cn1. The molecule has 3 N–H and O–H groups in total. The third-order valence-corrected chi connectivity index (χ3v) is 4.57. The second-order valence-corrected chi connectivity index (χ2v) is 6.21. The first-order chi connectivity index (χ1) is 13.5. The molecular weight excluding hydrogens is 358 g/mol. The van der Waals surface area contributed by atoms with E-state index >= 15 is 0 Å². The summed E-state index contributed by atoms with van der Waals surface area (Å²) in [6.45, 7) is 0. The highest BCUT2D eigenvalue weighted by molar-refractivity contribution is 6.24. The van der Waals surface area contributed by atoms with E-state index in [2.05, 4.69) is 15.0 Å². The maximum atomic E-state index is 12.8. The van der Waals surface area contributed by atoms with Crippen molar-refractivity contribution in [1.29, 1.82) is 0 Å². The number of anilines is 2. The number of nitrogens with two attached hydrogens (primary N) is 1. The number of esters is 1. The van der Waals surface area contributed by atoms with E-state index in [0.717, 1.165) is 5.56 Å². The van der Waals surface area contributed by atoms with Crippen LogP contribution in [0, 0.1) is 0 Å². The molecule has 3 aromatic rings. The predicted octanol–water partition coefficient (Wildman–Crippen LogP) is 2.91. The Morgan fingerprint density at radius 3 is 2.50 bits per heavy atom. The lowest BCUT2D eigenvalue weighted by Crippen LogP contribution is -2.17. The number of nitrogens with one attached hydrogen (secondary N) is 1. The summed E-state index contributed by atoms with van der Waals surface area (Å²) in [5.41, 5.74) is 9.07. The van der Waals surface area contributed by atoms with Crippen LogP contribution >= 0.6 is 0 Å². The minimum atomic E-state index is -0.672. The van der Waals surface area contributed by atoms with Crippen molar-refractivity contribution in [2.45, 2.75) is 0 Å². The van der Waals surface area contributed by atoms with Crippen LogP contribution in [-0.2, 0) is 4.74 Å². The van der Waals surface area contributed by atoms with Crippen molar-refractivity contribution in [1.82, 2.24) is 4.98 Å². The number of ether oxygens (including phenoxy) is 1. The molecule has 7 heteroatoms. The van der Waals surface area contributed by atoms with Gasteiger partial charge in [-0.1, -0.05) is 36.4 Å². The molecule has 7 nitrogen and oxygen atoms in total. The van der Waals surface area contributed by atoms with E-state index in [1.54, 1.807) is 30.3 Å². The van der Waals surface area contributed by atoms with E-state index in [-0.39, 0.29) is 22.7 Å².